The Balaban J connectivity index is 2.52. The number of hydrogen-bond acceptors (Lipinski definition) is 4. The van der Waals surface area contributed by atoms with E-state index in [-0.39, 0.29) is 11.5 Å². The molecule has 0 unspecified atom stereocenters. The van der Waals surface area contributed by atoms with Crippen molar-refractivity contribution in [2.75, 3.05) is 11.9 Å². The topological polar surface area (TPSA) is 50.7 Å². The van der Waals surface area contributed by atoms with Gasteiger partial charge in [0, 0.05) is 24.5 Å². The van der Waals surface area contributed by atoms with Crippen molar-refractivity contribution in [1.82, 2.24) is 15.0 Å². The van der Waals surface area contributed by atoms with E-state index < -0.39 is 11.7 Å². The highest BCUT2D eigenvalue weighted by Gasteiger charge is 2.31. The fraction of sp³-hybridized carbons (Fsp3) is 0.250. The Kier molecular flexibility index (Phi) is 3.64. The maximum absolute atomic E-state index is 12.8. The number of nitrogens with one attached hydrogen (secondary N) is 1. The third-order valence-corrected chi connectivity index (χ3v) is 2.37. The highest BCUT2D eigenvalue weighted by Crippen LogP contribution is 2.32. The van der Waals surface area contributed by atoms with Gasteiger partial charge in [0.1, 0.15) is 12.1 Å². The maximum atomic E-state index is 12.8. The summed E-state index contributed by atoms with van der Waals surface area (Å²) in [6.07, 6.45) is -0.268. The van der Waals surface area contributed by atoms with Crippen LogP contribution in [0.1, 0.15) is 12.5 Å². The second-order valence-corrected chi connectivity index (χ2v) is 3.78. The number of pyridine rings is 1. The van der Waals surface area contributed by atoms with E-state index in [4.69, 9.17) is 0 Å². The largest absolute Gasteiger partial charge is 0.416 e. The van der Waals surface area contributed by atoms with Crippen LogP contribution in [-0.4, -0.2) is 21.5 Å². The molecule has 0 aliphatic heterocycles. The van der Waals surface area contributed by atoms with Crippen molar-refractivity contribution in [3.63, 3.8) is 0 Å². The Morgan fingerprint density at radius 2 is 1.84 bits per heavy atom. The number of aromatic nitrogens is 3. The number of anilines is 1. The highest BCUT2D eigenvalue weighted by molar-refractivity contribution is 5.61. The standard InChI is InChI=1S/C12H11F3N4/c1-2-18-11-4-9(12(13,14)15)3-10(19-11)8-5-16-7-17-6-8/h3-7H,2H2,1H3,(H,18,19). The third kappa shape index (κ3) is 3.18. The second kappa shape index (κ2) is 5.21. The van der Waals surface area contributed by atoms with Crippen LogP contribution in [0.15, 0.2) is 30.9 Å². The molecule has 0 aliphatic rings. The first-order valence-electron chi connectivity index (χ1n) is 5.59. The van der Waals surface area contributed by atoms with Crippen molar-refractivity contribution >= 4 is 5.82 Å². The van der Waals surface area contributed by atoms with Gasteiger partial charge in [-0.05, 0) is 19.1 Å². The lowest BCUT2D eigenvalue weighted by Crippen LogP contribution is -2.08. The van der Waals surface area contributed by atoms with Gasteiger partial charge in [0.25, 0.3) is 0 Å². The van der Waals surface area contributed by atoms with Gasteiger partial charge in [-0.2, -0.15) is 13.2 Å². The summed E-state index contributed by atoms with van der Waals surface area (Å²) in [6.45, 7) is 2.27. The van der Waals surface area contributed by atoms with Crippen molar-refractivity contribution in [2.45, 2.75) is 13.1 Å². The quantitative estimate of drug-likeness (QED) is 0.929. The van der Waals surface area contributed by atoms with Gasteiger partial charge >= 0.3 is 6.18 Å². The van der Waals surface area contributed by atoms with Crippen molar-refractivity contribution in [3.8, 4) is 11.3 Å². The van der Waals surface area contributed by atoms with E-state index in [1.54, 1.807) is 6.92 Å². The van der Waals surface area contributed by atoms with E-state index in [9.17, 15) is 13.2 Å². The molecule has 0 aliphatic carbocycles. The molecule has 0 saturated heterocycles. The highest BCUT2D eigenvalue weighted by atomic mass is 19.4. The monoisotopic (exact) mass is 268 g/mol. The number of hydrogen-bond donors (Lipinski definition) is 1. The van der Waals surface area contributed by atoms with Gasteiger partial charge in [0.15, 0.2) is 0 Å². The Labute approximate surface area is 107 Å². The average Bonchev–Trinajstić information content (AvgIpc) is 2.39. The van der Waals surface area contributed by atoms with Crippen LogP contribution in [0.4, 0.5) is 19.0 Å². The number of nitrogens with zero attached hydrogens (tertiary/aromatic N) is 3. The summed E-state index contributed by atoms with van der Waals surface area (Å²) in [5, 5.41) is 2.78. The van der Waals surface area contributed by atoms with Crippen LogP contribution >= 0.6 is 0 Å². The van der Waals surface area contributed by atoms with Gasteiger partial charge in [0.05, 0.1) is 11.3 Å². The van der Waals surface area contributed by atoms with Crippen LogP contribution in [0.25, 0.3) is 11.3 Å². The summed E-state index contributed by atoms with van der Waals surface area (Å²) >= 11 is 0. The zero-order valence-corrected chi connectivity index (χ0v) is 10.1. The van der Waals surface area contributed by atoms with Gasteiger partial charge in [-0.25, -0.2) is 15.0 Å². The molecule has 0 aromatic carbocycles. The molecule has 0 amide bonds. The van der Waals surface area contributed by atoms with Crippen molar-refractivity contribution in [3.05, 3.63) is 36.4 Å². The Hall–Kier alpha value is -2.18. The zero-order valence-electron chi connectivity index (χ0n) is 10.1. The van der Waals surface area contributed by atoms with Crippen LogP contribution in [0.5, 0.6) is 0 Å². The number of halogens is 3. The minimum absolute atomic E-state index is 0.177. The summed E-state index contributed by atoms with van der Waals surface area (Å²) < 4.78 is 38.5. The van der Waals surface area contributed by atoms with Gasteiger partial charge in [-0.3, -0.25) is 0 Å². The molecule has 2 heterocycles. The summed E-state index contributed by atoms with van der Waals surface area (Å²) in [5.74, 6) is 0.177. The molecule has 0 atom stereocenters. The first-order chi connectivity index (χ1) is 9.00. The van der Waals surface area contributed by atoms with Crippen molar-refractivity contribution in [2.24, 2.45) is 0 Å². The minimum Gasteiger partial charge on any atom is -0.370 e. The van der Waals surface area contributed by atoms with Gasteiger partial charge < -0.3 is 5.32 Å². The smallest absolute Gasteiger partial charge is 0.370 e. The molecule has 7 heteroatoms. The minimum atomic E-state index is -4.42. The Morgan fingerprint density at radius 1 is 1.16 bits per heavy atom. The van der Waals surface area contributed by atoms with Crippen molar-refractivity contribution < 1.29 is 13.2 Å². The molecular formula is C12H11F3N4. The van der Waals surface area contributed by atoms with E-state index in [2.05, 4.69) is 20.3 Å². The molecule has 0 fully saturated rings. The molecule has 0 spiro atoms. The first-order valence-corrected chi connectivity index (χ1v) is 5.59. The van der Waals surface area contributed by atoms with E-state index in [1.807, 2.05) is 0 Å². The van der Waals surface area contributed by atoms with E-state index in [0.29, 0.717) is 12.1 Å². The summed E-state index contributed by atoms with van der Waals surface area (Å²) in [4.78, 5) is 11.7. The van der Waals surface area contributed by atoms with Crippen LogP contribution in [0.2, 0.25) is 0 Å². The number of alkyl halides is 3. The van der Waals surface area contributed by atoms with Crippen LogP contribution in [-0.2, 0) is 6.18 Å². The van der Waals surface area contributed by atoms with Crippen LogP contribution in [0, 0.1) is 0 Å². The molecule has 1 N–H and O–H groups in total. The SMILES string of the molecule is CCNc1cc(C(F)(F)F)cc(-c2cncnc2)n1. The second-order valence-electron chi connectivity index (χ2n) is 3.78. The fourth-order valence-electron chi connectivity index (χ4n) is 1.55. The van der Waals surface area contributed by atoms with Crippen LogP contribution < -0.4 is 5.32 Å². The maximum Gasteiger partial charge on any atom is 0.416 e. The molecule has 0 radical (unpaired) electrons. The molecule has 0 saturated carbocycles. The molecule has 19 heavy (non-hydrogen) atoms. The van der Waals surface area contributed by atoms with Crippen LogP contribution in [0.3, 0.4) is 0 Å². The molecule has 0 bridgehead atoms. The predicted molar refractivity (Wildman–Crippen MR) is 64.4 cm³/mol. The third-order valence-electron chi connectivity index (χ3n) is 2.37. The molecule has 2 aromatic heterocycles. The Morgan fingerprint density at radius 3 is 2.42 bits per heavy atom. The van der Waals surface area contributed by atoms with Crippen molar-refractivity contribution in [1.29, 1.82) is 0 Å². The number of rotatable bonds is 3. The van der Waals surface area contributed by atoms with E-state index in [0.717, 1.165) is 12.1 Å². The van der Waals surface area contributed by atoms with E-state index in [1.165, 1.54) is 18.7 Å². The fourth-order valence-corrected chi connectivity index (χ4v) is 1.55. The summed E-state index contributed by atoms with van der Waals surface area (Å²) in [5.41, 5.74) is -0.128. The van der Waals surface area contributed by atoms with Gasteiger partial charge in [-0.1, -0.05) is 0 Å². The molecule has 4 nitrogen and oxygen atoms in total. The lowest BCUT2D eigenvalue weighted by molar-refractivity contribution is -0.137. The molecule has 100 valence electrons. The lowest BCUT2D eigenvalue weighted by Gasteiger charge is -2.11. The first kappa shape index (κ1) is 13.3. The average molecular weight is 268 g/mol. The zero-order chi connectivity index (χ0) is 13.9. The molecule has 2 rings (SSSR count). The predicted octanol–water partition coefficient (Wildman–Crippen LogP) is 2.99. The normalized spacial score (nSPS) is 11.4. The molecular weight excluding hydrogens is 257 g/mol. The Bertz CT molecular complexity index is 555. The van der Waals surface area contributed by atoms with E-state index >= 15 is 0 Å². The summed E-state index contributed by atoms with van der Waals surface area (Å²) in [6, 6.07) is 1.97. The summed E-state index contributed by atoms with van der Waals surface area (Å²) in [7, 11) is 0. The lowest BCUT2D eigenvalue weighted by atomic mass is 10.1. The molecule has 2 aromatic rings. The van der Waals surface area contributed by atoms with Gasteiger partial charge in [0.2, 0.25) is 0 Å². The van der Waals surface area contributed by atoms with Gasteiger partial charge in [-0.15, -0.1) is 0 Å².